The first-order chi connectivity index (χ1) is 12.2. The highest BCUT2D eigenvalue weighted by atomic mass is 16.5. The van der Waals surface area contributed by atoms with E-state index in [1.165, 1.54) is 0 Å². The summed E-state index contributed by atoms with van der Waals surface area (Å²) in [6.45, 7) is 4.37. The van der Waals surface area contributed by atoms with E-state index >= 15 is 0 Å². The highest BCUT2D eigenvalue weighted by molar-refractivity contribution is 5.86. The van der Waals surface area contributed by atoms with Crippen LogP contribution < -0.4 is 10.1 Å². The lowest BCUT2D eigenvalue weighted by atomic mass is 10.1. The van der Waals surface area contributed by atoms with Crippen molar-refractivity contribution in [3.8, 4) is 17.1 Å². The first-order valence-electron chi connectivity index (χ1n) is 8.44. The van der Waals surface area contributed by atoms with Crippen molar-refractivity contribution in [2.45, 2.75) is 19.1 Å². The molecule has 3 aromatic rings. The van der Waals surface area contributed by atoms with Crippen LogP contribution >= 0.6 is 0 Å². The molecule has 0 aromatic carbocycles. The fourth-order valence-corrected chi connectivity index (χ4v) is 2.98. The second-order valence-electron chi connectivity index (χ2n) is 6.22. The van der Waals surface area contributed by atoms with Gasteiger partial charge in [-0.3, -0.25) is 9.67 Å². The van der Waals surface area contributed by atoms with Crippen molar-refractivity contribution in [1.29, 1.82) is 0 Å². The molecular formula is C18H21N5O2. The van der Waals surface area contributed by atoms with E-state index in [9.17, 15) is 0 Å². The van der Waals surface area contributed by atoms with Crippen LogP contribution in [0, 0.1) is 0 Å². The Bertz CT molecular complexity index is 873. The smallest absolute Gasteiger partial charge is 0.223 e. The Labute approximate surface area is 146 Å². The third-order valence-corrected chi connectivity index (χ3v) is 4.34. The number of pyridine rings is 2. The number of aryl methyl sites for hydroxylation is 1. The average molecular weight is 339 g/mol. The third kappa shape index (κ3) is 3.33. The zero-order valence-electron chi connectivity index (χ0n) is 14.3. The molecule has 1 aliphatic heterocycles. The molecule has 1 N–H and O–H groups in total. The molecule has 0 unspecified atom stereocenters. The van der Waals surface area contributed by atoms with Gasteiger partial charge in [-0.05, 0) is 25.1 Å². The minimum absolute atomic E-state index is 0.00400. The van der Waals surface area contributed by atoms with Crippen molar-refractivity contribution in [3.05, 3.63) is 36.8 Å². The van der Waals surface area contributed by atoms with Crippen molar-refractivity contribution >= 4 is 10.9 Å². The maximum Gasteiger partial charge on any atom is 0.223 e. The summed E-state index contributed by atoms with van der Waals surface area (Å²) in [5.74, 6) is 0.575. The van der Waals surface area contributed by atoms with Gasteiger partial charge in [0.15, 0.2) is 0 Å². The number of aromatic nitrogens is 4. The van der Waals surface area contributed by atoms with Gasteiger partial charge in [-0.1, -0.05) is 0 Å². The second-order valence-corrected chi connectivity index (χ2v) is 6.22. The van der Waals surface area contributed by atoms with Gasteiger partial charge in [0.25, 0.3) is 0 Å². The van der Waals surface area contributed by atoms with Gasteiger partial charge < -0.3 is 14.8 Å². The lowest BCUT2D eigenvalue weighted by molar-refractivity contribution is -0.0357. The van der Waals surface area contributed by atoms with Gasteiger partial charge in [0, 0.05) is 38.1 Å². The van der Waals surface area contributed by atoms with Gasteiger partial charge in [-0.15, -0.1) is 0 Å². The number of nitrogens with zero attached hydrogens (tertiary/aromatic N) is 4. The molecule has 2 atom stereocenters. The predicted octanol–water partition coefficient (Wildman–Crippen LogP) is 1.79. The van der Waals surface area contributed by atoms with Gasteiger partial charge in [0.05, 0.1) is 29.4 Å². The fourth-order valence-electron chi connectivity index (χ4n) is 2.98. The van der Waals surface area contributed by atoms with Crippen LogP contribution in [0.25, 0.3) is 22.2 Å². The average Bonchev–Trinajstić information content (AvgIpc) is 3.09. The molecule has 4 rings (SSSR count). The predicted molar refractivity (Wildman–Crippen MR) is 94.4 cm³/mol. The summed E-state index contributed by atoms with van der Waals surface area (Å²) in [5, 5.41) is 8.45. The van der Waals surface area contributed by atoms with E-state index in [-0.39, 0.29) is 12.2 Å². The Kier molecular flexibility index (Phi) is 4.33. The molecule has 3 aromatic heterocycles. The molecule has 25 heavy (non-hydrogen) atoms. The normalized spacial score (nSPS) is 19.0. The molecule has 1 fully saturated rings. The van der Waals surface area contributed by atoms with E-state index in [1.807, 2.05) is 38.4 Å². The quantitative estimate of drug-likeness (QED) is 0.781. The minimum atomic E-state index is -0.118. The van der Waals surface area contributed by atoms with Crippen LogP contribution in [-0.4, -0.2) is 51.7 Å². The number of ether oxygens (including phenoxy) is 2. The molecular weight excluding hydrogens is 318 g/mol. The topological polar surface area (TPSA) is 74.1 Å². The first kappa shape index (κ1) is 16.0. The van der Waals surface area contributed by atoms with Gasteiger partial charge >= 0.3 is 0 Å². The monoisotopic (exact) mass is 339 g/mol. The lowest BCUT2D eigenvalue weighted by Gasteiger charge is -2.29. The highest BCUT2D eigenvalue weighted by Crippen LogP contribution is 2.29. The maximum absolute atomic E-state index is 6.19. The van der Waals surface area contributed by atoms with E-state index in [1.54, 1.807) is 17.1 Å². The Hall–Kier alpha value is -2.51. The van der Waals surface area contributed by atoms with Crippen molar-refractivity contribution in [3.63, 3.8) is 0 Å². The molecule has 0 aliphatic carbocycles. The SMILES string of the molecule is C[C@@H](Oc1nc(-c2cnn(C)c2)cc2ncccc12)[C@@H]1CNCCO1. The fraction of sp³-hybridized carbons (Fsp3) is 0.389. The number of hydrogen-bond donors (Lipinski definition) is 1. The summed E-state index contributed by atoms with van der Waals surface area (Å²) < 4.78 is 13.7. The van der Waals surface area contributed by atoms with Crippen LogP contribution in [0.15, 0.2) is 36.8 Å². The highest BCUT2D eigenvalue weighted by Gasteiger charge is 2.23. The summed E-state index contributed by atoms with van der Waals surface area (Å²) >= 11 is 0. The molecule has 0 spiro atoms. The van der Waals surface area contributed by atoms with Crippen LogP contribution in [0.2, 0.25) is 0 Å². The van der Waals surface area contributed by atoms with E-state index in [0.717, 1.165) is 35.2 Å². The second kappa shape index (κ2) is 6.78. The van der Waals surface area contributed by atoms with Crippen LogP contribution in [0.5, 0.6) is 5.88 Å². The van der Waals surface area contributed by atoms with Crippen molar-refractivity contribution in [1.82, 2.24) is 25.1 Å². The van der Waals surface area contributed by atoms with Crippen LogP contribution in [0.4, 0.5) is 0 Å². The maximum atomic E-state index is 6.19. The summed E-state index contributed by atoms with van der Waals surface area (Å²) in [4.78, 5) is 9.19. The Balaban J connectivity index is 1.70. The van der Waals surface area contributed by atoms with Crippen molar-refractivity contribution in [2.24, 2.45) is 7.05 Å². The summed E-state index contributed by atoms with van der Waals surface area (Å²) in [6.07, 6.45) is 5.38. The first-order valence-corrected chi connectivity index (χ1v) is 8.44. The van der Waals surface area contributed by atoms with Crippen molar-refractivity contribution in [2.75, 3.05) is 19.7 Å². The summed E-state index contributed by atoms with van der Waals surface area (Å²) in [6, 6.07) is 5.83. The van der Waals surface area contributed by atoms with E-state index in [0.29, 0.717) is 12.5 Å². The van der Waals surface area contributed by atoms with Gasteiger partial charge in [0.1, 0.15) is 12.2 Å². The van der Waals surface area contributed by atoms with Crippen LogP contribution in [0.1, 0.15) is 6.92 Å². The number of nitrogens with one attached hydrogen (secondary N) is 1. The van der Waals surface area contributed by atoms with E-state index in [4.69, 9.17) is 14.5 Å². The molecule has 1 aliphatic rings. The summed E-state index contributed by atoms with van der Waals surface area (Å²) in [5.41, 5.74) is 2.58. The van der Waals surface area contributed by atoms with E-state index in [2.05, 4.69) is 15.4 Å². The van der Waals surface area contributed by atoms with Gasteiger partial charge in [0.2, 0.25) is 5.88 Å². The largest absolute Gasteiger partial charge is 0.471 e. The number of morpholine rings is 1. The third-order valence-electron chi connectivity index (χ3n) is 4.34. The molecule has 0 radical (unpaired) electrons. The molecule has 130 valence electrons. The van der Waals surface area contributed by atoms with Crippen LogP contribution in [-0.2, 0) is 11.8 Å². The number of fused-ring (bicyclic) bond motifs is 1. The van der Waals surface area contributed by atoms with Crippen molar-refractivity contribution < 1.29 is 9.47 Å². The minimum Gasteiger partial charge on any atom is -0.471 e. The number of hydrogen-bond acceptors (Lipinski definition) is 6. The Morgan fingerprint density at radius 1 is 1.44 bits per heavy atom. The van der Waals surface area contributed by atoms with Crippen LogP contribution in [0.3, 0.4) is 0 Å². The standard InChI is InChI=1S/C18H21N5O2/c1-12(17-10-19-6-7-24-17)25-18-14-4-3-5-20-16(14)8-15(22-18)13-9-21-23(2)11-13/h3-5,8-9,11-12,17,19H,6-7,10H2,1-2H3/t12-,17+/m1/s1. The lowest BCUT2D eigenvalue weighted by Crippen LogP contribution is -2.46. The van der Waals surface area contributed by atoms with Gasteiger partial charge in [-0.25, -0.2) is 4.98 Å². The molecule has 4 heterocycles. The van der Waals surface area contributed by atoms with Gasteiger partial charge in [-0.2, -0.15) is 5.10 Å². The molecule has 0 bridgehead atoms. The zero-order valence-corrected chi connectivity index (χ0v) is 14.3. The molecule has 7 nitrogen and oxygen atoms in total. The molecule has 1 saturated heterocycles. The number of rotatable bonds is 4. The zero-order chi connectivity index (χ0) is 17.2. The molecule has 0 saturated carbocycles. The Morgan fingerprint density at radius 3 is 3.12 bits per heavy atom. The molecule has 0 amide bonds. The Morgan fingerprint density at radius 2 is 2.36 bits per heavy atom. The summed E-state index contributed by atoms with van der Waals surface area (Å²) in [7, 11) is 1.88. The van der Waals surface area contributed by atoms with E-state index < -0.39 is 0 Å². The molecule has 7 heteroatoms.